The van der Waals surface area contributed by atoms with Crippen LogP contribution in [0.3, 0.4) is 0 Å². The van der Waals surface area contributed by atoms with E-state index in [-0.39, 0.29) is 28.6 Å². The number of aromatic hydroxyl groups is 3. The first-order valence-electron chi connectivity index (χ1n) is 6.43. The summed E-state index contributed by atoms with van der Waals surface area (Å²) in [5, 5.41) is 28.7. The van der Waals surface area contributed by atoms with E-state index in [4.69, 9.17) is 0 Å². The van der Waals surface area contributed by atoms with E-state index in [0.29, 0.717) is 5.56 Å². The van der Waals surface area contributed by atoms with Crippen LogP contribution in [0.4, 0.5) is 0 Å². The lowest BCUT2D eigenvalue weighted by Gasteiger charge is -2.05. The van der Waals surface area contributed by atoms with Crippen molar-refractivity contribution in [3.05, 3.63) is 58.7 Å². The van der Waals surface area contributed by atoms with Crippen molar-refractivity contribution in [3.63, 3.8) is 0 Å². The highest BCUT2D eigenvalue weighted by Crippen LogP contribution is 2.25. The van der Waals surface area contributed by atoms with Crippen LogP contribution in [0.5, 0.6) is 17.2 Å². The third-order valence-corrected chi connectivity index (χ3v) is 3.31. The van der Waals surface area contributed by atoms with Crippen molar-refractivity contribution in [2.45, 2.75) is 13.8 Å². The molecule has 2 aromatic rings. The van der Waals surface area contributed by atoms with Crippen LogP contribution in [0.1, 0.15) is 27.0 Å². The molecule has 0 aliphatic rings. The molecule has 0 saturated heterocycles. The number of rotatable bonds is 3. The highest BCUT2D eigenvalue weighted by atomic mass is 16.3. The Morgan fingerprint density at radius 2 is 1.62 bits per heavy atom. The fraction of sp³-hybridized carbons (Fsp3) is 0.118. The molecule has 21 heavy (non-hydrogen) atoms. The van der Waals surface area contributed by atoms with E-state index in [0.717, 1.165) is 11.1 Å². The lowest BCUT2D eigenvalue weighted by atomic mass is 10.0. The Bertz CT molecular complexity index is 730. The molecule has 0 radical (unpaired) electrons. The minimum Gasteiger partial charge on any atom is -0.508 e. The lowest BCUT2D eigenvalue weighted by molar-refractivity contribution is 0.104. The van der Waals surface area contributed by atoms with E-state index in [2.05, 4.69) is 0 Å². The maximum absolute atomic E-state index is 12.1. The summed E-state index contributed by atoms with van der Waals surface area (Å²) < 4.78 is 0. The van der Waals surface area contributed by atoms with Gasteiger partial charge in [-0.1, -0.05) is 0 Å². The van der Waals surface area contributed by atoms with Crippen molar-refractivity contribution in [3.8, 4) is 17.2 Å². The smallest absolute Gasteiger partial charge is 0.189 e. The molecule has 0 aliphatic carbocycles. The predicted octanol–water partition coefficient (Wildman–Crippen LogP) is 3.32. The molecule has 4 heteroatoms. The Hall–Kier alpha value is -2.75. The van der Waals surface area contributed by atoms with Gasteiger partial charge in [-0.3, -0.25) is 4.79 Å². The van der Waals surface area contributed by atoms with Crippen LogP contribution in [-0.2, 0) is 0 Å². The number of carbonyl (C=O) groups is 1. The summed E-state index contributed by atoms with van der Waals surface area (Å²) in [6.07, 6.45) is 2.71. The molecule has 0 unspecified atom stereocenters. The van der Waals surface area contributed by atoms with Gasteiger partial charge in [-0.05, 0) is 61.4 Å². The quantitative estimate of drug-likeness (QED) is 0.597. The van der Waals surface area contributed by atoms with Gasteiger partial charge in [-0.15, -0.1) is 0 Å². The van der Waals surface area contributed by atoms with E-state index in [1.54, 1.807) is 12.1 Å². The molecule has 0 spiro atoms. The maximum atomic E-state index is 12.1. The summed E-state index contributed by atoms with van der Waals surface area (Å²) >= 11 is 0. The van der Waals surface area contributed by atoms with E-state index < -0.39 is 0 Å². The zero-order chi connectivity index (χ0) is 15.6. The molecule has 0 fully saturated rings. The van der Waals surface area contributed by atoms with Crippen molar-refractivity contribution in [1.29, 1.82) is 0 Å². The minimum atomic E-state index is -0.358. The van der Waals surface area contributed by atoms with Crippen LogP contribution < -0.4 is 0 Å². The Balaban J connectivity index is 2.29. The first kappa shape index (κ1) is 14.7. The lowest BCUT2D eigenvalue weighted by Crippen LogP contribution is -1.97. The van der Waals surface area contributed by atoms with Gasteiger partial charge in [0.05, 0.1) is 5.56 Å². The van der Waals surface area contributed by atoms with Gasteiger partial charge in [0.25, 0.3) is 0 Å². The first-order valence-corrected chi connectivity index (χ1v) is 6.43. The van der Waals surface area contributed by atoms with Gasteiger partial charge in [0, 0.05) is 11.6 Å². The third-order valence-electron chi connectivity index (χ3n) is 3.31. The van der Waals surface area contributed by atoms with Gasteiger partial charge in [0.1, 0.15) is 17.2 Å². The average Bonchev–Trinajstić information content (AvgIpc) is 2.41. The monoisotopic (exact) mass is 284 g/mol. The average molecular weight is 284 g/mol. The highest BCUT2D eigenvalue weighted by Gasteiger charge is 2.10. The standard InChI is InChI=1S/C17H16O4/c1-10-7-14(17(21)8-11(10)2)15(19)6-4-12-3-5-13(18)9-16(12)20/h3-9,18,20-21H,1-2H3. The van der Waals surface area contributed by atoms with Gasteiger partial charge in [-0.25, -0.2) is 0 Å². The van der Waals surface area contributed by atoms with Crippen molar-refractivity contribution >= 4 is 11.9 Å². The number of phenols is 3. The molecule has 2 rings (SSSR count). The summed E-state index contributed by atoms with van der Waals surface area (Å²) in [5.74, 6) is -0.600. The van der Waals surface area contributed by atoms with Gasteiger partial charge < -0.3 is 15.3 Å². The van der Waals surface area contributed by atoms with Crippen LogP contribution in [0.15, 0.2) is 36.4 Å². The van der Waals surface area contributed by atoms with Gasteiger partial charge in [0.2, 0.25) is 0 Å². The van der Waals surface area contributed by atoms with Crippen molar-refractivity contribution in [2.24, 2.45) is 0 Å². The Morgan fingerprint density at radius 3 is 2.29 bits per heavy atom. The molecule has 4 nitrogen and oxygen atoms in total. The normalized spacial score (nSPS) is 11.0. The van der Waals surface area contributed by atoms with Crippen LogP contribution in [0.2, 0.25) is 0 Å². The van der Waals surface area contributed by atoms with Gasteiger partial charge in [-0.2, -0.15) is 0 Å². The molecule has 0 saturated carbocycles. The number of allylic oxidation sites excluding steroid dienone is 1. The number of hydrogen-bond acceptors (Lipinski definition) is 4. The molecule has 0 aliphatic heterocycles. The van der Waals surface area contributed by atoms with E-state index in [1.807, 2.05) is 13.8 Å². The fourth-order valence-corrected chi connectivity index (χ4v) is 1.93. The summed E-state index contributed by atoms with van der Waals surface area (Å²) in [6.45, 7) is 3.72. The maximum Gasteiger partial charge on any atom is 0.189 e. The number of aryl methyl sites for hydroxylation is 2. The molecule has 0 atom stereocenters. The number of hydrogen-bond donors (Lipinski definition) is 3. The molecule has 3 N–H and O–H groups in total. The number of ketones is 1. The van der Waals surface area contributed by atoms with Crippen molar-refractivity contribution < 1.29 is 20.1 Å². The van der Waals surface area contributed by atoms with Crippen LogP contribution in [0, 0.1) is 13.8 Å². The predicted molar refractivity (Wildman–Crippen MR) is 80.7 cm³/mol. The zero-order valence-corrected chi connectivity index (χ0v) is 11.8. The molecular weight excluding hydrogens is 268 g/mol. The van der Waals surface area contributed by atoms with Crippen LogP contribution in [0.25, 0.3) is 6.08 Å². The molecule has 0 heterocycles. The number of phenolic OH excluding ortho intramolecular Hbond substituents is 3. The van der Waals surface area contributed by atoms with Crippen molar-refractivity contribution in [2.75, 3.05) is 0 Å². The van der Waals surface area contributed by atoms with E-state index in [1.165, 1.54) is 30.4 Å². The van der Waals surface area contributed by atoms with Crippen molar-refractivity contribution in [1.82, 2.24) is 0 Å². The summed E-state index contributed by atoms with van der Waals surface area (Å²) in [5.41, 5.74) is 2.44. The topological polar surface area (TPSA) is 77.8 Å². The fourth-order valence-electron chi connectivity index (χ4n) is 1.93. The van der Waals surface area contributed by atoms with E-state index in [9.17, 15) is 20.1 Å². The Morgan fingerprint density at radius 1 is 0.952 bits per heavy atom. The molecule has 2 aromatic carbocycles. The summed E-state index contributed by atoms with van der Waals surface area (Å²) in [6, 6.07) is 7.28. The SMILES string of the molecule is Cc1cc(O)c(C(=O)C=Cc2ccc(O)cc2O)cc1C. The molecule has 0 bridgehead atoms. The van der Waals surface area contributed by atoms with Crippen LogP contribution in [-0.4, -0.2) is 21.1 Å². The second-order valence-electron chi connectivity index (χ2n) is 4.89. The first-order chi connectivity index (χ1) is 9.88. The Labute approximate surface area is 122 Å². The second kappa shape index (κ2) is 5.71. The second-order valence-corrected chi connectivity index (χ2v) is 4.89. The molecule has 108 valence electrons. The number of benzene rings is 2. The molecular formula is C17H16O4. The van der Waals surface area contributed by atoms with Gasteiger partial charge in [0.15, 0.2) is 5.78 Å². The Kier molecular flexibility index (Phi) is 3.98. The molecule has 0 amide bonds. The largest absolute Gasteiger partial charge is 0.508 e. The number of carbonyl (C=O) groups excluding carboxylic acids is 1. The molecule has 0 aromatic heterocycles. The summed E-state index contributed by atoms with van der Waals surface area (Å²) in [4.78, 5) is 12.1. The minimum absolute atomic E-state index is 0.0530. The van der Waals surface area contributed by atoms with Crippen LogP contribution >= 0.6 is 0 Å². The van der Waals surface area contributed by atoms with E-state index >= 15 is 0 Å². The summed E-state index contributed by atoms with van der Waals surface area (Å²) in [7, 11) is 0. The highest BCUT2D eigenvalue weighted by molar-refractivity contribution is 6.08. The third kappa shape index (κ3) is 3.23. The zero-order valence-electron chi connectivity index (χ0n) is 11.8. The van der Waals surface area contributed by atoms with Gasteiger partial charge >= 0.3 is 0 Å².